The predicted octanol–water partition coefficient (Wildman–Crippen LogP) is 4.22. The molecular weight excluding hydrogens is 426 g/mol. The number of nitrogens with two attached hydrogens (primary N) is 2. The van der Waals surface area contributed by atoms with E-state index in [0.717, 1.165) is 0 Å². The summed E-state index contributed by atoms with van der Waals surface area (Å²) in [4.78, 5) is 14.6. The van der Waals surface area contributed by atoms with E-state index >= 15 is 0 Å². The van der Waals surface area contributed by atoms with Gasteiger partial charge in [-0.15, -0.1) is 0 Å². The Kier molecular flexibility index (Phi) is 8.21. The molecule has 0 heterocycles. The van der Waals surface area contributed by atoms with Crippen LogP contribution in [0.1, 0.15) is 10.4 Å². The number of amides is 1. The SMILES string of the molecule is [N-]=[N+]=NC(=O)c1cc(OCCOc2ccc(N)cc2)cc(OCCOc2ccc(N)cc2)c1. The van der Waals surface area contributed by atoms with Gasteiger partial charge in [-0.25, -0.2) is 0 Å². The fraction of sp³-hybridized carbons (Fsp3) is 0.174. The number of nitrogens with zero attached hydrogens (tertiary/aromatic N) is 3. The summed E-state index contributed by atoms with van der Waals surface area (Å²) in [5.41, 5.74) is 21.3. The molecule has 1 amide bonds. The van der Waals surface area contributed by atoms with Crippen molar-refractivity contribution in [3.05, 3.63) is 82.7 Å². The van der Waals surface area contributed by atoms with E-state index in [0.29, 0.717) is 34.4 Å². The Labute approximate surface area is 190 Å². The summed E-state index contributed by atoms with van der Waals surface area (Å²) in [6.45, 7) is 0.959. The molecule has 10 heteroatoms. The highest BCUT2D eigenvalue weighted by Crippen LogP contribution is 2.24. The lowest BCUT2D eigenvalue weighted by atomic mass is 10.2. The summed E-state index contributed by atoms with van der Waals surface area (Å²) in [6.07, 6.45) is 0. The van der Waals surface area contributed by atoms with Crippen LogP contribution in [-0.2, 0) is 0 Å². The van der Waals surface area contributed by atoms with Gasteiger partial charge in [-0.05, 0) is 71.3 Å². The van der Waals surface area contributed by atoms with E-state index in [-0.39, 0.29) is 32.0 Å². The van der Waals surface area contributed by atoms with Gasteiger partial charge in [0.1, 0.15) is 49.4 Å². The van der Waals surface area contributed by atoms with Crippen LogP contribution in [0.15, 0.2) is 71.8 Å². The zero-order valence-corrected chi connectivity index (χ0v) is 17.7. The number of ether oxygens (including phenoxy) is 4. The van der Waals surface area contributed by atoms with E-state index in [9.17, 15) is 4.79 Å². The molecule has 0 saturated heterocycles. The number of carbonyl (C=O) groups excluding carboxylic acids is 1. The molecule has 4 N–H and O–H groups in total. The molecule has 10 nitrogen and oxygen atoms in total. The lowest BCUT2D eigenvalue weighted by Crippen LogP contribution is -2.11. The third-order valence-corrected chi connectivity index (χ3v) is 4.26. The first-order valence-electron chi connectivity index (χ1n) is 10.0. The molecule has 0 atom stereocenters. The number of carbonyl (C=O) groups is 1. The highest BCUT2D eigenvalue weighted by Gasteiger charge is 2.10. The summed E-state index contributed by atoms with van der Waals surface area (Å²) in [6, 6.07) is 18.5. The van der Waals surface area contributed by atoms with Crippen molar-refractivity contribution in [2.75, 3.05) is 37.9 Å². The number of hydrogen-bond acceptors (Lipinski definition) is 7. The Morgan fingerprint density at radius 2 is 1.09 bits per heavy atom. The highest BCUT2D eigenvalue weighted by molar-refractivity contribution is 5.95. The van der Waals surface area contributed by atoms with Crippen molar-refractivity contribution in [2.45, 2.75) is 0 Å². The predicted molar refractivity (Wildman–Crippen MR) is 124 cm³/mol. The van der Waals surface area contributed by atoms with E-state index < -0.39 is 5.91 Å². The van der Waals surface area contributed by atoms with Crippen LogP contribution in [0.2, 0.25) is 0 Å². The maximum Gasteiger partial charge on any atom is 0.249 e. The zero-order chi connectivity index (χ0) is 23.5. The summed E-state index contributed by atoms with van der Waals surface area (Å²) in [7, 11) is 0. The molecule has 0 fully saturated rings. The van der Waals surface area contributed by atoms with Gasteiger partial charge in [0, 0.05) is 27.9 Å². The third-order valence-electron chi connectivity index (χ3n) is 4.26. The van der Waals surface area contributed by atoms with Crippen molar-refractivity contribution in [2.24, 2.45) is 5.11 Å². The number of azide groups is 1. The Bertz CT molecular complexity index is 1040. The van der Waals surface area contributed by atoms with Gasteiger partial charge in [0.05, 0.1) is 0 Å². The minimum Gasteiger partial charge on any atom is -0.490 e. The summed E-state index contributed by atoms with van der Waals surface area (Å²) >= 11 is 0. The average molecular weight is 449 g/mol. The van der Waals surface area contributed by atoms with Crippen LogP contribution in [-0.4, -0.2) is 32.3 Å². The molecule has 0 radical (unpaired) electrons. The molecule has 0 bridgehead atoms. The van der Waals surface area contributed by atoms with Gasteiger partial charge in [0.2, 0.25) is 5.91 Å². The molecule has 3 aromatic rings. The minimum absolute atomic E-state index is 0.138. The van der Waals surface area contributed by atoms with Crippen molar-refractivity contribution < 1.29 is 23.7 Å². The van der Waals surface area contributed by atoms with Gasteiger partial charge in [-0.3, -0.25) is 4.79 Å². The van der Waals surface area contributed by atoms with Crippen LogP contribution < -0.4 is 30.4 Å². The molecule has 0 aliphatic rings. The second kappa shape index (κ2) is 11.7. The molecule has 170 valence electrons. The summed E-state index contributed by atoms with van der Waals surface area (Å²) < 4.78 is 22.6. The van der Waals surface area contributed by atoms with Gasteiger partial charge in [-0.1, -0.05) is 0 Å². The first kappa shape index (κ1) is 23.1. The van der Waals surface area contributed by atoms with E-state index in [1.807, 2.05) is 0 Å². The van der Waals surface area contributed by atoms with Gasteiger partial charge in [-0.2, -0.15) is 0 Å². The summed E-state index contributed by atoms with van der Waals surface area (Å²) in [5, 5.41) is 3.12. The van der Waals surface area contributed by atoms with Crippen LogP contribution in [0.4, 0.5) is 11.4 Å². The number of hydrogen-bond donors (Lipinski definition) is 2. The van der Waals surface area contributed by atoms with Crippen molar-refractivity contribution in [3.63, 3.8) is 0 Å². The van der Waals surface area contributed by atoms with Gasteiger partial charge >= 0.3 is 0 Å². The molecular formula is C23H23N5O5. The standard InChI is InChI=1S/C23H23N5O5/c24-17-1-5-19(6-2-17)30-9-11-32-21-13-16(23(29)27-28-26)14-22(15-21)33-12-10-31-20-7-3-18(25)4-8-20/h1-8,13-15H,9-12,24-25H2. The van der Waals surface area contributed by atoms with Crippen molar-refractivity contribution in [3.8, 4) is 23.0 Å². The molecule has 3 rings (SSSR count). The zero-order valence-electron chi connectivity index (χ0n) is 17.7. The Morgan fingerprint density at radius 1 is 0.697 bits per heavy atom. The van der Waals surface area contributed by atoms with Crippen LogP contribution in [0.5, 0.6) is 23.0 Å². The van der Waals surface area contributed by atoms with Crippen LogP contribution >= 0.6 is 0 Å². The van der Waals surface area contributed by atoms with E-state index in [1.54, 1.807) is 54.6 Å². The lowest BCUT2D eigenvalue weighted by molar-refractivity contribution is 0.0999. The van der Waals surface area contributed by atoms with E-state index in [1.165, 1.54) is 12.1 Å². The third kappa shape index (κ3) is 7.57. The van der Waals surface area contributed by atoms with Gasteiger partial charge < -0.3 is 30.4 Å². The van der Waals surface area contributed by atoms with Gasteiger partial charge in [0.15, 0.2) is 0 Å². The summed E-state index contributed by atoms with van der Waals surface area (Å²) in [5.74, 6) is 1.30. The average Bonchev–Trinajstić information content (AvgIpc) is 2.82. The smallest absolute Gasteiger partial charge is 0.249 e. The normalized spacial score (nSPS) is 10.1. The number of rotatable bonds is 11. The monoisotopic (exact) mass is 449 g/mol. The molecule has 0 spiro atoms. The molecule has 3 aromatic carbocycles. The van der Waals surface area contributed by atoms with Gasteiger partial charge in [0.25, 0.3) is 0 Å². The fourth-order valence-corrected chi connectivity index (χ4v) is 2.73. The minimum atomic E-state index is -0.746. The largest absolute Gasteiger partial charge is 0.490 e. The van der Waals surface area contributed by atoms with E-state index in [2.05, 4.69) is 10.0 Å². The number of benzene rings is 3. The quantitative estimate of drug-likeness (QED) is 0.146. The maximum absolute atomic E-state index is 12.0. The first-order valence-corrected chi connectivity index (χ1v) is 10.0. The second-order valence-corrected chi connectivity index (χ2v) is 6.72. The van der Waals surface area contributed by atoms with Crippen LogP contribution in [0.25, 0.3) is 10.4 Å². The molecule has 0 saturated carbocycles. The Hall–Kier alpha value is -4.56. The molecule has 33 heavy (non-hydrogen) atoms. The van der Waals surface area contributed by atoms with Crippen molar-refractivity contribution in [1.29, 1.82) is 0 Å². The first-order chi connectivity index (χ1) is 16.0. The topological polar surface area (TPSA) is 155 Å². The highest BCUT2D eigenvalue weighted by atomic mass is 16.5. The Balaban J connectivity index is 1.56. The molecule has 0 aliphatic heterocycles. The fourth-order valence-electron chi connectivity index (χ4n) is 2.73. The van der Waals surface area contributed by atoms with Crippen molar-refractivity contribution >= 4 is 17.3 Å². The Morgan fingerprint density at radius 3 is 1.48 bits per heavy atom. The lowest BCUT2D eigenvalue weighted by Gasteiger charge is -2.13. The maximum atomic E-state index is 12.0. The van der Waals surface area contributed by atoms with Crippen LogP contribution in [0.3, 0.4) is 0 Å². The molecule has 0 unspecified atom stereocenters. The van der Waals surface area contributed by atoms with Crippen LogP contribution in [0, 0.1) is 0 Å². The second-order valence-electron chi connectivity index (χ2n) is 6.72. The molecule has 0 aromatic heterocycles. The number of nitrogen functional groups attached to an aromatic ring is 2. The van der Waals surface area contributed by atoms with E-state index in [4.69, 9.17) is 35.9 Å². The van der Waals surface area contributed by atoms with Crippen molar-refractivity contribution in [1.82, 2.24) is 0 Å². The molecule has 0 aliphatic carbocycles. The number of anilines is 2.